The number of hydrogen-bond acceptors (Lipinski definition) is 6. The number of anilines is 2. The third kappa shape index (κ3) is 4.88. The van der Waals surface area contributed by atoms with E-state index in [2.05, 4.69) is 25.9 Å². The average molecular weight is 494 g/mol. The summed E-state index contributed by atoms with van der Waals surface area (Å²) in [5.74, 6) is 0.193. The highest BCUT2D eigenvalue weighted by Crippen LogP contribution is 2.44. The summed E-state index contributed by atoms with van der Waals surface area (Å²) in [5, 5.41) is 9.82. The van der Waals surface area contributed by atoms with Crippen molar-refractivity contribution in [3.05, 3.63) is 53.7 Å². The number of aromatic amines is 1. The van der Waals surface area contributed by atoms with Crippen molar-refractivity contribution in [3.8, 4) is 22.8 Å². The Bertz CT molecular complexity index is 1230. The highest BCUT2D eigenvalue weighted by molar-refractivity contribution is 6.07. The number of H-pyrrole nitrogens is 1. The van der Waals surface area contributed by atoms with Crippen LogP contribution in [0.25, 0.3) is 11.3 Å². The molecule has 1 amide bonds. The van der Waals surface area contributed by atoms with E-state index < -0.39 is 5.82 Å². The van der Waals surface area contributed by atoms with Gasteiger partial charge in [-0.15, -0.1) is 0 Å². The Hall–Kier alpha value is -3.59. The molecule has 0 saturated heterocycles. The zero-order chi connectivity index (χ0) is 24.9. The second-order valence-electron chi connectivity index (χ2n) is 9.19. The normalized spacial score (nSPS) is 18.5. The van der Waals surface area contributed by atoms with Gasteiger partial charge in [-0.1, -0.05) is 25.3 Å². The number of halogens is 1. The van der Waals surface area contributed by atoms with Gasteiger partial charge in [-0.3, -0.25) is 9.78 Å². The van der Waals surface area contributed by atoms with Crippen molar-refractivity contribution < 1.29 is 18.7 Å². The summed E-state index contributed by atoms with van der Waals surface area (Å²) in [7, 11) is 1.43. The van der Waals surface area contributed by atoms with Crippen LogP contribution < -0.4 is 25.4 Å². The van der Waals surface area contributed by atoms with Crippen LogP contribution in [0, 0.1) is 5.82 Å². The summed E-state index contributed by atoms with van der Waals surface area (Å²) in [6.45, 7) is 2.76. The van der Waals surface area contributed by atoms with Crippen LogP contribution in [0.15, 0.2) is 36.7 Å². The molecule has 5 rings (SSSR count). The number of methoxy groups -OCH3 is 1. The van der Waals surface area contributed by atoms with Crippen LogP contribution in [0.3, 0.4) is 0 Å². The lowest BCUT2D eigenvalue weighted by atomic mass is 9.91. The van der Waals surface area contributed by atoms with Crippen molar-refractivity contribution in [2.75, 3.05) is 38.7 Å². The Morgan fingerprint density at radius 1 is 1.17 bits per heavy atom. The number of hydrogen-bond donors (Lipinski definition) is 4. The summed E-state index contributed by atoms with van der Waals surface area (Å²) in [5.41, 5.74) is 3.91. The van der Waals surface area contributed by atoms with Crippen molar-refractivity contribution in [1.29, 1.82) is 0 Å². The maximum Gasteiger partial charge on any atom is 0.255 e. The number of ether oxygens (including phenoxy) is 2. The first kappa shape index (κ1) is 24.1. The van der Waals surface area contributed by atoms with Crippen molar-refractivity contribution in [2.24, 2.45) is 0 Å². The van der Waals surface area contributed by atoms with E-state index in [4.69, 9.17) is 9.47 Å². The molecule has 36 heavy (non-hydrogen) atoms. The molecule has 0 radical (unpaired) electrons. The number of carbonyl (C=O) groups excluding carboxylic acids is 1. The SMILES string of the molecule is COc1c(F)cccc1Nc1c2[nH]c3c1C(=O)NCC3CCCCCCNCCOc1cnccc1-2. The van der Waals surface area contributed by atoms with Gasteiger partial charge in [0.1, 0.15) is 12.4 Å². The van der Waals surface area contributed by atoms with Crippen molar-refractivity contribution in [2.45, 2.75) is 38.0 Å². The van der Waals surface area contributed by atoms with Gasteiger partial charge in [0.05, 0.1) is 35.9 Å². The van der Waals surface area contributed by atoms with Crippen LogP contribution in [0.1, 0.15) is 54.1 Å². The Morgan fingerprint density at radius 3 is 2.94 bits per heavy atom. The molecule has 0 saturated carbocycles. The minimum absolute atomic E-state index is 0.0850. The molecular formula is C27H32FN5O3. The van der Waals surface area contributed by atoms with E-state index in [1.807, 2.05) is 6.07 Å². The zero-order valence-corrected chi connectivity index (χ0v) is 20.5. The fourth-order valence-corrected chi connectivity index (χ4v) is 5.04. The first-order chi connectivity index (χ1) is 17.7. The van der Waals surface area contributed by atoms with Gasteiger partial charge < -0.3 is 30.4 Å². The van der Waals surface area contributed by atoms with Crippen LogP contribution in [0.4, 0.5) is 15.8 Å². The lowest BCUT2D eigenvalue weighted by Crippen LogP contribution is -2.35. The Labute approximate surface area is 210 Å². The number of pyridine rings is 1. The molecule has 2 bridgehead atoms. The first-order valence-electron chi connectivity index (χ1n) is 12.6. The molecule has 190 valence electrons. The number of fused-ring (bicyclic) bond motifs is 3. The highest BCUT2D eigenvalue weighted by atomic mass is 19.1. The maximum absolute atomic E-state index is 14.5. The third-order valence-corrected chi connectivity index (χ3v) is 6.85. The third-order valence-electron chi connectivity index (χ3n) is 6.85. The Balaban J connectivity index is 1.65. The Kier molecular flexibility index (Phi) is 7.36. The number of rotatable bonds is 3. The summed E-state index contributed by atoms with van der Waals surface area (Å²) < 4.78 is 26.0. The van der Waals surface area contributed by atoms with Crippen molar-refractivity contribution in [1.82, 2.24) is 20.6 Å². The van der Waals surface area contributed by atoms with Crippen LogP contribution in [0.5, 0.6) is 11.5 Å². The number of nitrogens with one attached hydrogen (secondary N) is 4. The molecule has 2 aliphatic heterocycles. The van der Waals surface area contributed by atoms with Crippen LogP contribution >= 0.6 is 0 Å². The molecule has 4 N–H and O–H groups in total. The fraction of sp³-hybridized carbons (Fsp3) is 0.407. The van der Waals surface area contributed by atoms with Gasteiger partial charge in [-0.2, -0.15) is 0 Å². The summed E-state index contributed by atoms with van der Waals surface area (Å²) >= 11 is 0. The monoisotopic (exact) mass is 493 g/mol. The number of benzene rings is 1. The standard InChI is InChI=1S/C27H32FN5O3/c1-35-26-19(28)8-6-9-20(26)32-25-22-23-17(15-31-27(22)34)7-4-2-3-5-11-29-13-14-36-21-16-30-12-10-18(21)24(25)33-23/h6,8-10,12,16-17,29,32-33H,2-5,7,11,13-15H2,1H3,(H,31,34). The largest absolute Gasteiger partial charge is 0.492 e. The molecule has 4 heterocycles. The van der Waals surface area contributed by atoms with E-state index in [1.165, 1.54) is 13.2 Å². The Morgan fingerprint density at radius 2 is 2.06 bits per heavy atom. The molecular weight excluding hydrogens is 461 g/mol. The van der Waals surface area contributed by atoms with Gasteiger partial charge in [0.2, 0.25) is 0 Å². The van der Waals surface area contributed by atoms with Gasteiger partial charge >= 0.3 is 0 Å². The molecule has 0 aliphatic carbocycles. The van der Waals surface area contributed by atoms with Gasteiger partial charge in [-0.05, 0) is 37.6 Å². The molecule has 8 nitrogen and oxygen atoms in total. The number of amides is 1. The zero-order valence-electron chi connectivity index (χ0n) is 20.5. The predicted molar refractivity (Wildman–Crippen MR) is 137 cm³/mol. The minimum atomic E-state index is -0.485. The lowest BCUT2D eigenvalue weighted by Gasteiger charge is -2.24. The van der Waals surface area contributed by atoms with E-state index in [9.17, 15) is 9.18 Å². The predicted octanol–water partition coefficient (Wildman–Crippen LogP) is 4.73. The molecule has 0 spiro atoms. The van der Waals surface area contributed by atoms with Gasteiger partial charge in [-0.25, -0.2) is 4.39 Å². The van der Waals surface area contributed by atoms with Crippen molar-refractivity contribution >= 4 is 17.3 Å². The topological polar surface area (TPSA) is 100 Å². The molecule has 2 aromatic heterocycles. The highest BCUT2D eigenvalue weighted by Gasteiger charge is 2.33. The summed E-state index contributed by atoms with van der Waals surface area (Å²) in [4.78, 5) is 21.0. The smallest absolute Gasteiger partial charge is 0.255 e. The molecule has 1 atom stereocenters. The molecule has 1 unspecified atom stereocenters. The molecule has 1 aromatic carbocycles. The quantitative estimate of drug-likeness (QED) is 0.421. The maximum atomic E-state index is 14.5. The van der Waals surface area contributed by atoms with Gasteiger partial charge in [0.25, 0.3) is 5.91 Å². The van der Waals surface area contributed by atoms with E-state index in [-0.39, 0.29) is 17.6 Å². The lowest BCUT2D eigenvalue weighted by molar-refractivity contribution is 0.0939. The van der Waals surface area contributed by atoms with Crippen LogP contribution in [-0.4, -0.2) is 49.2 Å². The average Bonchev–Trinajstić information content (AvgIpc) is 3.26. The van der Waals surface area contributed by atoms with Crippen molar-refractivity contribution in [3.63, 3.8) is 0 Å². The minimum Gasteiger partial charge on any atom is -0.492 e. The number of aromatic nitrogens is 2. The number of carbonyl (C=O) groups is 1. The van der Waals surface area contributed by atoms with E-state index >= 15 is 0 Å². The number of nitrogens with zero attached hydrogens (tertiary/aromatic N) is 1. The van der Waals surface area contributed by atoms with Gasteiger partial charge in [0.15, 0.2) is 11.6 Å². The first-order valence-corrected chi connectivity index (χ1v) is 12.6. The second-order valence-corrected chi connectivity index (χ2v) is 9.19. The number of para-hydroxylation sites is 1. The van der Waals surface area contributed by atoms with E-state index in [0.717, 1.165) is 56.5 Å². The molecule has 2 aliphatic rings. The van der Waals surface area contributed by atoms with Crippen LogP contribution in [0.2, 0.25) is 0 Å². The molecule has 3 aromatic rings. The van der Waals surface area contributed by atoms with E-state index in [0.29, 0.717) is 41.5 Å². The fourth-order valence-electron chi connectivity index (χ4n) is 5.04. The molecule has 0 fully saturated rings. The second kappa shape index (κ2) is 11.0. The van der Waals surface area contributed by atoms with Crippen LogP contribution in [-0.2, 0) is 0 Å². The van der Waals surface area contributed by atoms with Gasteiger partial charge in [0, 0.05) is 36.5 Å². The summed E-state index contributed by atoms with van der Waals surface area (Å²) in [6.07, 6.45) is 8.86. The molecule has 9 heteroatoms. The summed E-state index contributed by atoms with van der Waals surface area (Å²) in [6, 6.07) is 6.55. The van der Waals surface area contributed by atoms with E-state index in [1.54, 1.807) is 24.5 Å².